The number of hydrogen-bond donors (Lipinski definition) is 1. The molecule has 1 rings (SSSR count). The van der Waals surface area contributed by atoms with Crippen molar-refractivity contribution in [2.45, 2.75) is 6.23 Å². The van der Waals surface area contributed by atoms with E-state index in [1.165, 1.54) is 12.0 Å². The third-order valence-corrected chi connectivity index (χ3v) is 2.11. The minimum Gasteiger partial charge on any atom is -0.357 e. The van der Waals surface area contributed by atoms with Gasteiger partial charge in [-0.15, -0.1) is 0 Å². The minimum atomic E-state index is -0.435. The number of ether oxygens (including phenoxy) is 1. The van der Waals surface area contributed by atoms with Gasteiger partial charge in [0.25, 0.3) is 0 Å². The minimum absolute atomic E-state index is 0.0311. The maximum atomic E-state index is 11.4. The van der Waals surface area contributed by atoms with Crippen molar-refractivity contribution >= 4 is 5.91 Å². The van der Waals surface area contributed by atoms with E-state index in [1.807, 2.05) is 6.07 Å². The number of hydrogen-bond acceptors (Lipinski definition) is 4. The summed E-state index contributed by atoms with van der Waals surface area (Å²) in [7, 11) is 3.19. The molecule has 0 aromatic carbocycles. The first-order valence-electron chi connectivity index (χ1n) is 4.59. The van der Waals surface area contributed by atoms with E-state index < -0.39 is 6.23 Å². The quantitative estimate of drug-likeness (QED) is 0.716. The summed E-state index contributed by atoms with van der Waals surface area (Å²) in [6.07, 6.45) is 2.89. The summed E-state index contributed by atoms with van der Waals surface area (Å²) in [6, 6.07) is 3.64. The van der Waals surface area contributed by atoms with Gasteiger partial charge >= 0.3 is 0 Å². The lowest BCUT2D eigenvalue weighted by Gasteiger charge is -2.26. The van der Waals surface area contributed by atoms with Crippen LogP contribution >= 0.6 is 0 Å². The molecule has 0 saturated heterocycles. The smallest absolute Gasteiger partial charge is 0.238 e. The zero-order valence-electron chi connectivity index (χ0n) is 8.88. The van der Waals surface area contributed by atoms with Crippen molar-refractivity contribution in [2.75, 3.05) is 20.7 Å². The average Bonchev–Trinajstić information content (AvgIpc) is 2.30. The van der Waals surface area contributed by atoms with Crippen LogP contribution in [0.5, 0.6) is 0 Å². The number of carbonyl (C=O) groups excluding carboxylic acids is 1. The maximum absolute atomic E-state index is 11.4. The van der Waals surface area contributed by atoms with Gasteiger partial charge in [0.15, 0.2) is 6.23 Å². The van der Waals surface area contributed by atoms with Crippen LogP contribution in [0.1, 0.15) is 11.8 Å². The molecule has 82 valence electrons. The molecule has 0 radical (unpaired) electrons. The molecule has 0 aliphatic heterocycles. The Morgan fingerprint density at radius 1 is 1.73 bits per heavy atom. The van der Waals surface area contributed by atoms with Gasteiger partial charge in [0.05, 0.1) is 6.54 Å². The van der Waals surface area contributed by atoms with E-state index in [0.29, 0.717) is 0 Å². The zero-order chi connectivity index (χ0) is 11.3. The van der Waals surface area contributed by atoms with Gasteiger partial charge in [0.1, 0.15) is 0 Å². The molecule has 0 spiro atoms. The Balaban J connectivity index is 2.85. The van der Waals surface area contributed by atoms with E-state index in [4.69, 9.17) is 10.5 Å². The molecule has 0 aliphatic carbocycles. The third kappa shape index (κ3) is 2.74. The molecule has 5 heteroatoms. The molecule has 0 bridgehead atoms. The number of likely N-dealkylation sites (N-methyl/N-ethyl adjacent to an activating group) is 1. The fourth-order valence-electron chi connectivity index (χ4n) is 1.31. The van der Waals surface area contributed by atoms with Crippen molar-refractivity contribution in [3.8, 4) is 0 Å². The van der Waals surface area contributed by atoms with Gasteiger partial charge in [-0.25, -0.2) is 0 Å². The van der Waals surface area contributed by atoms with Crippen LogP contribution in [0.2, 0.25) is 0 Å². The van der Waals surface area contributed by atoms with Gasteiger partial charge in [-0.2, -0.15) is 0 Å². The van der Waals surface area contributed by atoms with Crippen LogP contribution < -0.4 is 5.73 Å². The van der Waals surface area contributed by atoms with Crippen LogP contribution in [0.25, 0.3) is 0 Å². The third-order valence-electron chi connectivity index (χ3n) is 2.11. The molecule has 2 N–H and O–H groups in total. The summed E-state index contributed by atoms with van der Waals surface area (Å²) < 4.78 is 5.23. The van der Waals surface area contributed by atoms with Gasteiger partial charge in [0.2, 0.25) is 5.91 Å². The Kier molecular flexibility index (Phi) is 4.20. The molecular weight excluding hydrogens is 194 g/mol. The first kappa shape index (κ1) is 11.6. The number of nitrogens with two attached hydrogens (primary N) is 1. The van der Waals surface area contributed by atoms with Crippen molar-refractivity contribution < 1.29 is 9.53 Å². The summed E-state index contributed by atoms with van der Waals surface area (Å²) in [6.45, 7) is -0.0311. The van der Waals surface area contributed by atoms with Crippen LogP contribution in [-0.4, -0.2) is 36.5 Å². The zero-order valence-corrected chi connectivity index (χ0v) is 8.88. The van der Waals surface area contributed by atoms with E-state index in [0.717, 1.165) is 5.56 Å². The van der Waals surface area contributed by atoms with E-state index in [2.05, 4.69) is 4.98 Å². The number of aromatic nitrogens is 1. The monoisotopic (exact) mass is 209 g/mol. The van der Waals surface area contributed by atoms with Gasteiger partial charge in [0, 0.05) is 32.1 Å². The molecule has 1 amide bonds. The molecule has 0 fully saturated rings. The highest BCUT2D eigenvalue weighted by atomic mass is 16.5. The van der Waals surface area contributed by atoms with E-state index in [9.17, 15) is 4.79 Å². The molecule has 1 aromatic heterocycles. The number of rotatable bonds is 4. The fraction of sp³-hybridized carbons (Fsp3) is 0.400. The summed E-state index contributed by atoms with van der Waals surface area (Å²) in [5.74, 6) is -0.175. The van der Waals surface area contributed by atoms with Crippen molar-refractivity contribution in [3.63, 3.8) is 0 Å². The van der Waals surface area contributed by atoms with Gasteiger partial charge in [-0.05, 0) is 6.07 Å². The molecule has 0 saturated carbocycles. The molecular formula is C10H15N3O2. The summed E-state index contributed by atoms with van der Waals surface area (Å²) in [5, 5.41) is 0. The van der Waals surface area contributed by atoms with Crippen molar-refractivity contribution in [3.05, 3.63) is 30.1 Å². The lowest BCUT2D eigenvalue weighted by Crippen LogP contribution is -2.36. The van der Waals surface area contributed by atoms with Gasteiger partial charge in [-0.3, -0.25) is 9.78 Å². The second kappa shape index (κ2) is 5.43. The van der Waals surface area contributed by atoms with Crippen LogP contribution in [0, 0.1) is 0 Å². The SMILES string of the molecule is COC(c1cccnc1)N(C)C(=O)CN. The second-order valence-corrected chi connectivity index (χ2v) is 3.08. The number of carbonyl (C=O) groups is 1. The number of nitrogens with zero attached hydrogens (tertiary/aromatic N) is 2. The number of amides is 1. The van der Waals surface area contributed by atoms with Crippen LogP contribution in [0.15, 0.2) is 24.5 Å². The van der Waals surface area contributed by atoms with Crippen molar-refractivity contribution in [2.24, 2.45) is 5.73 Å². The largest absolute Gasteiger partial charge is 0.357 e. The van der Waals surface area contributed by atoms with Gasteiger partial charge in [-0.1, -0.05) is 6.07 Å². The predicted octanol–water partition coefficient (Wildman–Crippen LogP) is 0.144. The van der Waals surface area contributed by atoms with E-state index >= 15 is 0 Å². The summed E-state index contributed by atoms with van der Waals surface area (Å²) >= 11 is 0. The van der Waals surface area contributed by atoms with E-state index in [1.54, 1.807) is 25.5 Å². The standard InChI is InChI=1S/C10H15N3O2/c1-13(9(14)6-11)10(15-2)8-4-3-5-12-7-8/h3-5,7,10H,6,11H2,1-2H3. The lowest BCUT2D eigenvalue weighted by molar-refractivity contribution is -0.140. The van der Waals surface area contributed by atoms with Crippen molar-refractivity contribution in [1.29, 1.82) is 0 Å². The topological polar surface area (TPSA) is 68.5 Å². The Bertz CT molecular complexity index is 316. The summed E-state index contributed by atoms with van der Waals surface area (Å²) in [4.78, 5) is 16.8. The van der Waals surface area contributed by atoms with Crippen LogP contribution in [-0.2, 0) is 9.53 Å². The molecule has 0 aliphatic rings. The molecule has 1 unspecified atom stereocenters. The average molecular weight is 209 g/mol. The summed E-state index contributed by atoms with van der Waals surface area (Å²) in [5.41, 5.74) is 6.10. The van der Waals surface area contributed by atoms with Gasteiger partial charge < -0.3 is 15.4 Å². The van der Waals surface area contributed by atoms with Crippen molar-refractivity contribution in [1.82, 2.24) is 9.88 Å². The first-order chi connectivity index (χ1) is 7.20. The molecule has 5 nitrogen and oxygen atoms in total. The first-order valence-corrected chi connectivity index (χ1v) is 4.59. The van der Waals surface area contributed by atoms with E-state index in [-0.39, 0.29) is 12.5 Å². The molecule has 1 atom stereocenters. The molecule has 1 heterocycles. The second-order valence-electron chi connectivity index (χ2n) is 3.08. The molecule has 15 heavy (non-hydrogen) atoms. The highest BCUT2D eigenvalue weighted by Gasteiger charge is 2.19. The van der Waals surface area contributed by atoms with Crippen LogP contribution in [0.3, 0.4) is 0 Å². The fourth-order valence-corrected chi connectivity index (χ4v) is 1.31. The highest BCUT2D eigenvalue weighted by Crippen LogP contribution is 2.18. The normalized spacial score (nSPS) is 12.2. The molecule has 1 aromatic rings. The highest BCUT2D eigenvalue weighted by molar-refractivity contribution is 5.78. The Labute approximate surface area is 88.9 Å². The Morgan fingerprint density at radius 2 is 2.47 bits per heavy atom. The van der Waals surface area contributed by atoms with Crippen LogP contribution in [0.4, 0.5) is 0 Å². The Morgan fingerprint density at radius 3 is 2.93 bits per heavy atom. The maximum Gasteiger partial charge on any atom is 0.238 e. The number of methoxy groups -OCH3 is 1. The lowest BCUT2D eigenvalue weighted by atomic mass is 10.2. The number of pyridine rings is 1. The predicted molar refractivity (Wildman–Crippen MR) is 55.8 cm³/mol. The Hall–Kier alpha value is -1.46.